The van der Waals surface area contributed by atoms with Gasteiger partial charge in [0.25, 0.3) is 0 Å². The summed E-state index contributed by atoms with van der Waals surface area (Å²) in [6.07, 6.45) is 0.833. The second-order valence-electron chi connectivity index (χ2n) is 0.542. The van der Waals surface area contributed by atoms with E-state index in [0.29, 0.717) is 0 Å². The Balaban J connectivity index is -0.0000000771. The fourth-order valence-electron chi connectivity index (χ4n) is 0. The number of aliphatic carboxylic acids is 1. The Morgan fingerprint density at radius 1 is 1.56 bits per heavy atom. The molecule has 0 saturated carbocycles. The van der Waals surface area contributed by atoms with Crippen LogP contribution < -0.4 is 0 Å². The van der Waals surface area contributed by atoms with Crippen LogP contribution in [0.1, 0.15) is 0 Å². The van der Waals surface area contributed by atoms with Crippen LogP contribution in [0.15, 0.2) is 25.8 Å². The summed E-state index contributed by atoms with van der Waals surface area (Å²) in [5, 5.41) is 7.60. The van der Waals surface area contributed by atoms with E-state index in [9.17, 15) is 4.79 Å². The van der Waals surface area contributed by atoms with Gasteiger partial charge >= 0.3 is 38.1 Å². The zero-order valence-electron chi connectivity index (χ0n) is 6.05. The fourth-order valence-corrected chi connectivity index (χ4v) is 0. The van der Waals surface area contributed by atoms with Gasteiger partial charge in [0.05, 0.1) is 0 Å². The SMILES string of the molecule is C=C.C=CC(=O)O.[CH3][Na]. The molecule has 0 unspecified atom stereocenters. The van der Waals surface area contributed by atoms with Crippen LogP contribution in [0.3, 0.4) is 0 Å². The van der Waals surface area contributed by atoms with E-state index in [2.05, 4.69) is 23.9 Å². The zero-order valence-corrected chi connectivity index (χ0v) is 8.05. The van der Waals surface area contributed by atoms with Gasteiger partial charge in [0.2, 0.25) is 0 Å². The van der Waals surface area contributed by atoms with Crippen LogP contribution in [-0.2, 0) is 4.79 Å². The quantitative estimate of drug-likeness (QED) is 0.336. The van der Waals surface area contributed by atoms with Crippen LogP contribution in [-0.4, -0.2) is 39.0 Å². The molecule has 0 saturated heterocycles. The normalized spacial score (nSPS) is 4.78. The van der Waals surface area contributed by atoms with Crippen molar-refractivity contribution in [2.75, 3.05) is 0 Å². The summed E-state index contributed by atoms with van der Waals surface area (Å²) in [6.45, 7) is 8.96. The number of hydrogen-bond acceptors (Lipinski definition) is 1. The van der Waals surface area contributed by atoms with Gasteiger partial charge in [-0.25, -0.2) is 4.79 Å². The first-order valence-corrected chi connectivity index (χ1v) is 4.62. The van der Waals surface area contributed by atoms with Crippen molar-refractivity contribution >= 4 is 33.9 Å². The second kappa shape index (κ2) is 24.6. The second-order valence-corrected chi connectivity index (χ2v) is 0.542. The molecule has 0 aliphatic carbocycles. The Hall–Kier alpha value is -0.0500. The van der Waals surface area contributed by atoms with Crippen LogP contribution >= 0.6 is 0 Å². The monoisotopic (exact) mass is 138 g/mol. The van der Waals surface area contributed by atoms with E-state index in [1.165, 1.54) is 27.9 Å². The van der Waals surface area contributed by atoms with Gasteiger partial charge in [0, 0.05) is 6.08 Å². The van der Waals surface area contributed by atoms with E-state index in [1.54, 1.807) is 0 Å². The van der Waals surface area contributed by atoms with E-state index in [4.69, 9.17) is 5.11 Å². The summed E-state index contributed by atoms with van der Waals surface area (Å²) >= 11 is 1.31. The topological polar surface area (TPSA) is 37.3 Å². The molecule has 0 fully saturated rings. The van der Waals surface area contributed by atoms with Gasteiger partial charge in [-0.1, -0.05) is 6.58 Å². The predicted molar refractivity (Wildman–Crippen MR) is 40.7 cm³/mol. The molecule has 0 atom stereocenters. The van der Waals surface area contributed by atoms with Gasteiger partial charge in [-0.15, -0.1) is 13.2 Å². The molecule has 0 aliphatic heterocycles. The molecule has 0 bridgehead atoms. The first kappa shape index (κ1) is 16.0. The van der Waals surface area contributed by atoms with E-state index >= 15 is 0 Å². The van der Waals surface area contributed by atoms with Crippen LogP contribution in [0.25, 0.3) is 0 Å². The number of hydrogen-bond donors (Lipinski definition) is 1. The van der Waals surface area contributed by atoms with E-state index in [-0.39, 0.29) is 0 Å². The first-order chi connectivity index (χ1) is 4.27. The van der Waals surface area contributed by atoms with Crippen molar-refractivity contribution in [1.29, 1.82) is 0 Å². The summed E-state index contributed by atoms with van der Waals surface area (Å²) in [5.41, 5.74) is 0. The molecular weight excluding hydrogens is 127 g/mol. The summed E-state index contributed by atoms with van der Waals surface area (Å²) < 4.78 is 2.14. The molecule has 2 nitrogen and oxygen atoms in total. The maximum absolute atomic E-state index is 9.25. The summed E-state index contributed by atoms with van der Waals surface area (Å²) in [6, 6.07) is 0. The van der Waals surface area contributed by atoms with Gasteiger partial charge in [0.15, 0.2) is 0 Å². The average molecular weight is 138 g/mol. The maximum atomic E-state index is 9.25. The molecule has 0 spiro atoms. The molecule has 0 aromatic rings. The van der Waals surface area contributed by atoms with Crippen LogP contribution in [0.4, 0.5) is 0 Å². The van der Waals surface area contributed by atoms with E-state index in [1.807, 2.05) is 0 Å². The third-order valence-corrected chi connectivity index (χ3v) is 0.175. The Bertz CT molecular complexity index is 71.5. The van der Waals surface area contributed by atoms with Crippen molar-refractivity contribution in [3.05, 3.63) is 25.8 Å². The molecule has 48 valence electrons. The Morgan fingerprint density at radius 3 is 1.67 bits per heavy atom. The van der Waals surface area contributed by atoms with Gasteiger partial charge in [-0.3, -0.25) is 0 Å². The van der Waals surface area contributed by atoms with Crippen LogP contribution in [0, 0.1) is 0 Å². The molecule has 1 N–H and O–H groups in total. The zero-order chi connectivity index (χ0) is 8.28. The van der Waals surface area contributed by atoms with Crippen molar-refractivity contribution in [3.8, 4) is 0 Å². The number of carboxylic acids is 1. The van der Waals surface area contributed by atoms with Crippen molar-refractivity contribution in [1.82, 2.24) is 0 Å². The van der Waals surface area contributed by atoms with Crippen LogP contribution in [0.5, 0.6) is 0 Å². The standard InChI is InChI=1S/C3H4O2.C2H4.CH3.Na/c1-2-3(4)5;1-2;;/h2H,1H2,(H,4,5);1-2H2;1H3;. The molecular formula is C6H11NaO2. The fraction of sp³-hybridized carbons (Fsp3) is 0.167. The molecule has 0 heterocycles. The van der Waals surface area contributed by atoms with Gasteiger partial charge in [-0.05, 0) is 0 Å². The number of rotatable bonds is 1. The number of carbonyl (C=O) groups is 1. The minimum atomic E-state index is -0.981. The molecule has 0 radical (unpaired) electrons. The molecule has 9 heavy (non-hydrogen) atoms. The molecule has 3 heteroatoms. The van der Waals surface area contributed by atoms with Gasteiger partial charge < -0.3 is 5.11 Å². The molecule has 0 aromatic carbocycles. The summed E-state index contributed by atoms with van der Waals surface area (Å²) in [5.74, 6) is -0.981. The average Bonchev–Trinajstić information content (AvgIpc) is 1.97. The minimum absolute atomic E-state index is 0.833. The molecule has 0 amide bonds. The summed E-state index contributed by atoms with van der Waals surface area (Å²) in [7, 11) is 0. The molecule has 0 aliphatic rings. The Labute approximate surface area is 73.7 Å². The van der Waals surface area contributed by atoms with Gasteiger partial charge in [-0.2, -0.15) is 0 Å². The van der Waals surface area contributed by atoms with Crippen molar-refractivity contribution in [2.45, 2.75) is 4.17 Å². The van der Waals surface area contributed by atoms with Gasteiger partial charge in [0.1, 0.15) is 0 Å². The van der Waals surface area contributed by atoms with Crippen LogP contribution in [0.2, 0.25) is 4.17 Å². The van der Waals surface area contributed by atoms with E-state index in [0.717, 1.165) is 6.08 Å². The Kier molecular flexibility index (Phi) is 43.7. The van der Waals surface area contributed by atoms with Crippen molar-refractivity contribution in [2.24, 2.45) is 0 Å². The molecule has 0 rings (SSSR count). The van der Waals surface area contributed by atoms with Crippen molar-refractivity contribution in [3.63, 3.8) is 0 Å². The molecule has 0 aromatic heterocycles. The Morgan fingerprint density at radius 2 is 1.67 bits per heavy atom. The summed E-state index contributed by atoms with van der Waals surface area (Å²) in [4.78, 5) is 9.25. The third-order valence-electron chi connectivity index (χ3n) is 0.175. The number of carboxylic acid groups (broad SMARTS) is 1. The van der Waals surface area contributed by atoms with Crippen molar-refractivity contribution < 1.29 is 9.90 Å². The van der Waals surface area contributed by atoms with E-state index < -0.39 is 5.97 Å². The third kappa shape index (κ3) is 74.0. The predicted octanol–water partition coefficient (Wildman–Crippen LogP) is 1.26. The first-order valence-electron chi connectivity index (χ1n) is 2.62.